The monoisotopic (exact) mass is 267 g/mol. The van der Waals surface area contributed by atoms with Crippen LogP contribution in [0.2, 0.25) is 0 Å². The number of aryl methyl sites for hydroxylation is 2. The van der Waals surface area contributed by atoms with E-state index in [1.165, 1.54) is 11.1 Å². The maximum atomic E-state index is 8.00. The second-order valence-corrected chi connectivity index (χ2v) is 4.73. The van der Waals surface area contributed by atoms with Gasteiger partial charge >= 0.3 is 0 Å². The lowest BCUT2D eigenvalue weighted by Gasteiger charge is -2.12. The summed E-state index contributed by atoms with van der Waals surface area (Å²) in [5.74, 6) is 0.284. The van der Waals surface area contributed by atoms with Crippen molar-refractivity contribution in [2.75, 3.05) is 10.6 Å². The van der Waals surface area contributed by atoms with E-state index < -0.39 is 0 Å². The van der Waals surface area contributed by atoms with Gasteiger partial charge in [-0.1, -0.05) is 38.1 Å². The van der Waals surface area contributed by atoms with Crippen LogP contribution in [-0.4, -0.2) is 5.96 Å². The van der Waals surface area contributed by atoms with Crippen LogP contribution in [0, 0.1) is 5.41 Å². The molecule has 0 bridgehead atoms. The number of anilines is 2. The first-order chi connectivity index (χ1) is 9.71. The summed E-state index contributed by atoms with van der Waals surface area (Å²) in [5.41, 5.74) is 4.40. The number of hydrogen-bond acceptors (Lipinski definition) is 1. The first kappa shape index (κ1) is 14.1. The minimum absolute atomic E-state index is 0.284. The van der Waals surface area contributed by atoms with E-state index in [2.05, 4.69) is 48.7 Å². The van der Waals surface area contributed by atoms with Crippen LogP contribution in [0.25, 0.3) is 0 Å². The van der Waals surface area contributed by atoms with Gasteiger partial charge in [0.2, 0.25) is 0 Å². The molecule has 3 heteroatoms. The van der Waals surface area contributed by atoms with E-state index in [-0.39, 0.29) is 5.96 Å². The molecule has 2 aromatic carbocycles. The molecule has 0 aliphatic heterocycles. The summed E-state index contributed by atoms with van der Waals surface area (Å²) in [5, 5.41) is 14.1. The molecule has 0 aliphatic carbocycles. The Hall–Kier alpha value is -2.29. The fraction of sp³-hybridized carbons (Fsp3) is 0.235. The Morgan fingerprint density at radius 2 is 1.30 bits per heavy atom. The number of nitrogens with one attached hydrogen (secondary N) is 3. The smallest absolute Gasteiger partial charge is 0.197 e. The maximum absolute atomic E-state index is 8.00. The highest BCUT2D eigenvalue weighted by atomic mass is 15.1. The van der Waals surface area contributed by atoms with Crippen LogP contribution in [0.15, 0.2) is 48.5 Å². The Bertz CT molecular complexity index is 539. The normalized spacial score (nSPS) is 10.1. The molecule has 0 aliphatic rings. The van der Waals surface area contributed by atoms with Gasteiger partial charge in [-0.05, 0) is 48.2 Å². The van der Waals surface area contributed by atoms with E-state index in [9.17, 15) is 0 Å². The second-order valence-electron chi connectivity index (χ2n) is 4.73. The van der Waals surface area contributed by atoms with Crippen molar-refractivity contribution in [2.45, 2.75) is 26.7 Å². The van der Waals surface area contributed by atoms with E-state index in [0.717, 1.165) is 24.2 Å². The average Bonchev–Trinajstić information content (AvgIpc) is 2.47. The van der Waals surface area contributed by atoms with Gasteiger partial charge in [-0.3, -0.25) is 5.41 Å². The molecule has 0 spiro atoms. The standard InChI is InChI=1S/C17H21N3/c1-3-13-7-5-9-15(11-13)19-17(18)20-16-10-6-8-14(4-2)12-16/h5-12H,3-4H2,1-2H3,(H3,18,19,20). The van der Waals surface area contributed by atoms with E-state index in [0.29, 0.717) is 0 Å². The van der Waals surface area contributed by atoms with Crippen LogP contribution < -0.4 is 10.6 Å². The average molecular weight is 267 g/mol. The zero-order valence-corrected chi connectivity index (χ0v) is 12.0. The third-order valence-electron chi connectivity index (χ3n) is 3.21. The lowest BCUT2D eigenvalue weighted by molar-refractivity contribution is 1.14. The molecule has 2 aromatic rings. The number of hydrogen-bond donors (Lipinski definition) is 3. The number of guanidine groups is 1. The first-order valence-electron chi connectivity index (χ1n) is 7.01. The minimum Gasteiger partial charge on any atom is -0.326 e. The van der Waals surface area contributed by atoms with Crippen molar-refractivity contribution < 1.29 is 0 Å². The summed E-state index contributed by atoms with van der Waals surface area (Å²) in [6.45, 7) is 4.25. The predicted molar refractivity (Wildman–Crippen MR) is 86.6 cm³/mol. The van der Waals surface area contributed by atoms with Gasteiger partial charge in [-0.15, -0.1) is 0 Å². The molecule has 20 heavy (non-hydrogen) atoms. The predicted octanol–water partition coefficient (Wildman–Crippen LogP) is 4.27. The maximum Gasteiger partial charge on any atom is 0.197 e. The summed E-state index contributed by atoms with van der Waals surface area (Å²) >= 11 is 0. The van der Waals surface area contributed by atoms with Gasteiger partial charge in [-0.25, -0.2) is 0 Å². The van der Waals surface area contributed by atoms with Crippen molar-refractivity contribution >= 4 is 17.3 Å². The summed E-state index contributed by atoms with van der Waals surface area (Å²) in [6.07, 6.45) is 1.99. The fourth-order valence-corrected chi connectivity index (χ4v) is 2.06. The van der Waals surface area contributed by atoms with Gasteiger partial charge in [0.25, 0.3) is 0 Å². The molecule has 0 saturated carbocycles. The number of benzene rings is 2. The molecule has 3 N–H and O–H groups in total. The van der Waals surface area contributed by atoms with Gasteiger partial charge in [0.05, 0.1) is 0 Å². The Kier molecular flexibility index (Phi) is 4.77. The largest absolute Gasteiger partial charge is 0.326 e. The molecule has 2 rings (SSSR count). The lowest BCUT2D eigenvalue weighted by atomic mass is 10.1. The Morgan fingerprint density at radius 3 is 1.70 bits per heavy atom. The summed E-state index contributed by atoms with van der Waals surface area (Å²) in [6, 6.07) is 16.3. The quantitative estimate of drug-likeness (QED) is 0.572. The topological polar surface area (TPSA) is 47.9 Å². The van der Waals surface area contributed by atoms with Crippen molar-refractivity contribution in [1.29, 1.82) is 5.41 Å². The van der Waals surface area contributed by atoms with Crippen molar-refractivity contribution in [3.05, 3.63) is 59.7 Å². The van der Waals surface area contributed by atoms with E-state index in [4.69, 9.17) is 5.41 Å². The summed E-state index contributed by atoms with van der Waals surface area (Å²) < 4.78 is 0. The van der Waals surface area contributed by atoms with E-state index in [1.807, 2.05) is 24.3 Å². The van der Waals surface area contributed by atoms with E-state index in [1.54, 1.807) is 0 Å². The van der Waals surface area contributed by atoms with Crippen molar-refractivity contribution in [2.24, 2.45) is 0 Å². The summed E-state index contributed by atoms with van der Waals surface area (Å²) in [7, 11) is 0. The van der Waals surface area contributed by atoms with Crippen LogP contribution in [0.5, 0.6) is 0 Å². The van der Waals surface area contributed by atoms with E-state index >= 15 is 0 Å². The molecule has 0 unspecified atom stereocenters. The molecule has 104 valence electrons. The number of rotatable bonds is 4. The summed E-state index contributed by atoms with van der Waals surface area (Å²) in [4.78, 5) is 0. The molecular weight excluding hydrogens is 246 g/mol. The molecule has 0 aromatic heterocycles. The molecule has 0 atom stereocenters. The molecule has 0 fully saturated rings. The van der Waals surface area contributed by atoms with Crippen LogP contribution in [0.1, 0.15) is 25.0 Å². The molecule has 0 heterocycles. The van der Waals surface area contributed by atoms with Gasteiger partial charge in [0, 0.05) is 11.4 Å². The van der Waals surface area contributed by atoms with Gasteiger partial charge in [-0.2, -0.15) is 0 Å². The third kappa shape index (κ3) is 3.85. The van der Waals surface area contributed by atoms with Crippen LogP contribution in [0.4, 0.5) is 11.4 Å². The zero-order chi connectivity index (χ0) is 14.4. The van der Waals surface area contributed by atoms with Crippen LogP contribution in [0.3, 0.4) is 0 Å². The highest BCUT2D eigenvalue weighted by Crippen LogP contribution is 2.13. The highest BCUT2D eigenvalue weighted by Gasteiger charge is 2.00. The Morgan fingerprint density at radius 1 is 0.850 bits per heavy atom. The van der Waals surface area contributed by atoms with Crippen LogP contribution >= 0.6 is 0 Å². The van der Waals surface area contributed by atoms with Crippen molar-refractivity contribution in [1.82, 2.24) is 0 Å². The van der Waals surface area contributed by atoms with Crippen molar-refractivity contribution in [3.63, 3.8) is 0 Å². The van der Waals surface area contributed by atoms with Gasteiger partial charge < -0.3 is 10.6 Å². The molecular formula is C17H21N3. The Labute approximate surface area is 120 Å². The minimum atomic E-state index is 0.284. The lowest BCUT2D eigenvalue weighted by Crippen LogP contribution is -2.20. The molecule has 0 saturated heterocycles. The second kappa shape index (κ2) is 6.75. The fourth-order valence-electron chi connectivity index (χ4n) is 2.06. The SMILES string of the molecule is CCc1cccc(NC(=N)Nc2cccc(CC)c2)c1. The highest BCUT2D eigenvalue weighted by molar-refractivity contribution is 6.01. The van der Waals surface area contributed by atoms with Gasteiger partial charge in [0.1, 0.15) is 0 Å². The molecule has 3 nitrogen and oxygen atoms in total. The Balaban J connectivity index is 2.01. The van der Waals surface area contributed by atoms with Gasteiger partial charge in [0.15, 0.2) is 5.96 Å². The van der Waals surface area contributed by atoms with Crippen LogP contribution in [-0.2, 0) is 12.8 Å². The van der Waals surface area contributed by atoms with Crippen molar-refractivity contribution in [3.8, 4) is 0 Å². The third-order valence-corrected chi connectivity index (χ3v) is 3.21. The first-order valence-corrected chi connectivity index (χ1v) is 7.01. The molecule has 0 amide bonds. The molecule has 0 radical (unpaired) electrons. The zero-order valence-electron chi connectivity index (χ0n) is 12.0.